The first-order chi connectivity index (χ1) is 9.58. The van der Waals surface area contributed by atoms with Gasteiger partial charge in [-0.1, -0.05) is 18.2 Å². The van der Waals surface area contributed by atoms with Gasteiger partial charge >= 0.3 is 0 Å². The number of benzene rings is 1. The SMILES string of the molecule is Cc1cccc(C)c1OCCCn1cc(N)ccc1=O. The highest BCUT2D eigenvalue weighted by atomic mass is 16.5. The van der Waals surface area contributed by atoms with Gasteiger partial charge in [-0.25, -0.2) is 0 Å². The molecule has 0 fully saturated rings. The van der Waals surface area contributed by atoms with Crippen molar-refractivity contribution < 1.29 is 4.74 Å². The van der Waals surface area contributed by atoms with E-state index in [-0.39, 0.29) is 5.56 Å². The molecule has 0 aliphatic rings. The maximum Gasteiger partial charge on any atom is 0.250 e. The Morgan fingerprint density at radius 1 is 1.15 bits per heavy atom. The summed E-state index contributed by atoms with van der Waals surface area (Å²) < 4.78 is 7.43. The summed E-state index contributed by atoms with van der Waals surface area (Å²) in [5, 5.41) is 0. The Hall–Kier alpha value is -2.23. The summed E-state index contributed by atoms with van der Waals surface area (Å²) in [4.78, 5) is 11.6. The zero-order valence-corrected chi connectivity index (χ0v) is 11.9. The molecule has 0 radical (unpaired) electrons. The van der Waals surface area contributed by atoms with Crippen LogP contribution in [0.15, 0.2) is 41.3 Å². The van der Waals surface area contributed by atoms with E-state index in [1.807, 2.05) is 32.0 Å². The van der Waals surface area contributed by atoms with Crippen LogP contribution in [0.3, 0.4) is 0 Å². The lowest BCUT2D eigenvalue weighted by Gasteiger charge is -2.12. The zero-order valence-electron chi connectivity index (χ0n) is 11.9. The van der Waals surface area contributed by atoms with E-state index in [0.717, 1.165) is 23.3 Å². The van der Waals surface area contributed by atoms with Crippen molar-refractivity contribution in [3.8, 4) is 5.75 Å². The number of ether oxygens (including phenoxy) is 1. The van der Waals surface area contributed by atoms with Crippen molar-refractivity contribution in [2.24, 2.45) is 0 Å². The van der Waals surface area contributed by atoms with E-state index < -0.39 is 0 Å². The van der Waals surface area contributed by atoms with Crippen molar-refractivity contribution >= 4 is 5.69 Å². The monoisotopic (exact) mass is 272 g/mol. The number of hydrogen-bond acceptors (Lipinski definition) is 3. The molecule has 20 heavy (non-hydrogen) atoms. The molecule has 0 atom stereocenters. The van der Waals surface area contributed by atoms with Gasteiger partial charge in [0, 0.05) is 24.5 Å². The van der Waals surface area contributed by atoms with Crippen LogP contribution in [0.5, 0.6) is 5.75 Å². The van der Waals surface area contributed by atoms with Crippen LogP contribution in [0.2, 0.25) is 0 Å². The fraction of sp³-hybridized carbons (Fsp3) is 0.312. The van der Waals surface area contributed by atoms with E-state index in [2.05, 4.69) is 0 Å². The topological polar surface area (TPSA) is 57.2 Å². The molecule has 0 aliphatic carbocycles. The third kappa shape index (κ3) is 3.41. The molecular weight excluding hydrogens is 252 g/mol. The molecule has 0 spiro atoms. The van der Waals surface area contributed by atoms with E-state index in [1.165, 1.54) is 6.07 Å². The minimum atomic E-state index is -0.0359. The van der Waals surface area contributed by atoms with Crippen LogP contribution in [-0.2, 0) is 6.54 Å². The molecule has 0 aliphatic heterocycles. The standard InChI is InChI=1S/C16H20N2O2/c1-12-5-3-6-13(2)16(12)20-10-4-9-18-11-14(17)7-8-15(18)19/h3,5-8,11H,4,9-10,17H2,1-2H3. The minimum absolute atomic E-state index is 0.0359. The summed E-state index contributed by atoms with van der Waals surface area (Å²) in [5.41, 5.74) is 8.49. The molecule has 4 nitrogen and oxygen atoms in total. The predicted molar refractivity (Wildman–Crippen MR) is 81.1 cm³/mol. The predicted octanol–water partition coefficient (Wildman–Crippen LogP) is 2.52. The number of aryl methyl sites for hydroxylation is 3. The van der Waals surface area contributed by atoms with Gasteiger partial charge in [0.2, 0.25) is 0 Å². The number of para-hydroxylation sites is 1. The molecule has 2 aromatic rings. The number of nitrogens with two attached hydrogens (primary N) is 1. The molecule has 1 aromatic carbocycles. The molecule has 0 unspecified atom stereocenters. The second kappa shape index (κ2) is 6.28. The van der Waals surface area contributed by atoms with E-state index >= 15 is 0 Å². The lowest BCUT2D eigenvalue weighted by Crippen LogP contribution is -2.20. The van der Waals surface area contributed by atoms with Gasteiger partial charge in [0.05, 0.1) is 6.61 Å². The van der Waals surface area contributed by atoms with Crippen LogP contribution in [0.1, 0.15) is 17.5 Å². The highest BCUT2D eigenvalue weighted by Crippen LogP contribution is 2.22. The lowest BCUT2D eigenvalue weighted by atomic mass is 10.1. The molecule has 4 heteroatoms. The summed E-state index contributed by atoms with van der Waals surface area (Å²) in [6.07, 6.45) is 2.43. The molecule has 1 aromatic heterocycles. The fourth-order valence-electron chi connectivity index (χ4n) is 2.16. The minimum Gasteiger partial charge on any atom is -0.493 e. The highest BCUT2D eigenvalue weighted by Gasteiger charge is 2.03. The van der Waals surface area contributed by atoms with Gasteiger partial charge in [-0.05, 0) is 37.5 Å². The second-order valence-electron chi connectivity index (χ2n) is 4.92. The molecule has 0 saturated carbocycles. The highest BCUT2D eigenvalue weighted by molar-refractivity contribution is 5.39. The maximum absolute atomic E-state index is 11.6. The largest absolute Gasteiger partial charge is 0.493 e. The van der Waals surface area contributed by atoms with Crippen molar-refractivity contribution in [3.63, 3.8) is 0 Å². The van der Waals surface area contributed by atoms with Crippen LogP contribution in [-0.4, -0.2) is 11.2 Å². The quantitative estimate of drug-likeness (QED) is 0.851. The van der Waals surface area contributed by atoms with Gasteiger partial charge in [-0.3, -0.25) is 4.79 Å². The fourth-order valence-corrected chi connectivity index (χ4v) is 2.16. The van der Waals surface area contributed by atoms with Gasteiger partial charge in [0.1, 0.15) is 5.75 Å². The van der Waals surface area contributed by atoms with Gasteiger partial charge < -0.3 is 15.0 Å². The van der Waals surface area contributed by atoms with Crippen LogP contribution < -0.4 is 16.0 Å². The Bertz CT molecular complexity index is 627. The molecular formula is C16H20N2O2. The van der Waals surface area contributed by atoms with Crippen molar-refractivity contribution in [1.82, 2.24) is 4.57 Å². The summed E-state index contributed by atoms with van der Waals surface area (Å²) in [6.45, 7) is 5.25. The maximum atomic E-state index is 11.6. The number of aromatic nitrogens is 1. The van der Waals surface area contributed by atoms with E-state index in [4.69, 9.17) is 10.5 Å². The average molecular weight is 272 g/mol. The van der Waals surface area contributed by atoms with Crippen molar-refractivity contribution in [1.29, 1.82) is 0 Å². The number of pyridine rings is 1. The summed E-state index contributed by atoms with van der Waals surface area (Å²) in [7, 11) is 0. The molecule has 0 bridgehead atoms. The first-order valence-corrected chi connectivity index (χ1v) is 6.73. The van der Waals surface area contributed by atoms with Gasteiger partial charge in [0.25, 0.3) is 5.56 Å². The van der Waals surface area contributed by atoms with E-state index in [0.29, 0.717) is 18.8 Å². The zero-order chi connectivity index (χ0) is 14.5. The normalized spacial score (nSPS) is 10.5. The Kier molecular flexibility index (Phi) is 4.45. The molecule has 2 rings (SSSR count). The van der Waals surface area contributed by atoms with Gasteiger partial charge in [-0.15, -0.1) is 0 Å². The van der Waals surface area contributed by atoms with Crippen LogP contribution in [0.25, 0.3) is 0 Å². The average Bonchev–Trinajstić information content (AvgIpc) is 2.41. The third-order valence-electron chi connectivity index (χ3n) is 3.20. The Balaban J connectivity index is 1.91. The number of anilines is 1. The van der Waals surface area contributed by atoms with Crippen LogP contribution >= 0.6 is 0 Å². The lowest BCUT2D eigenvalue weighted by molar-refractivity contribution is 0.297. The molecule has 1 heterocycles. The van der Waals surface area contributed by atoms with Crippen molar-refractivity contribution in [3.05, 3.63) is 58.0 Å². The van der Waals surface area contributed by atoms with Gasteiger partial charge in [-0.2, -0.15) is 0 Å². The summed E-state index contributed by atoms with van der Waals surface area (Å²) in [6, 6.07) is 9.19. The molecule has 0 amide bonds. The van der Waals surface area contributed by atoms with Crippen molar-refractivity contribution in [2.75, 3.05) is 12.3 Å². The molecule has 2 N–H and O–H groups in total. The molecule has 106 valence electrons. The number of hydrogen-bond donors (Lipinski definition) is 1. The van der Waals surface area contributed by atoms with E-state index in [1.54, 1.807) is 16.8 Å². The van der Waals surface area contributed by atoms with Crippen LogP contribution in [0, 0.1) is 13.8 Å². The number of rotatable bonds is 5. The molecule has 0 saturated heterocycles. The van der Waals surface area contributed by atoms with Gasteiger partial charge in [0.15, 0.2) is 0 Å². The van der Waals surface area contributed by atoms with Crippen molar-refractivity contribution in [2.45, 2.75) is 26.8 Å². The van der Waals surface area contributed by atoms with Crippen LogP contribution in [0.4, 0.5) is 5.69 Å². The third-order valence-corrected chi connectivity index (χ3v) is 3.20. The smallest absolute Gasteiger partial charge is 0.250 e. The second-order valence-corrected chi connectivity index (χ2v) is 4.92. The Labute approximate surface area is 118 Å². The summed E-state index contributed by atoms with van der Waals surface area (Å²) >= 11 is 0. The number of nitrogens with zero attached hydrogens (tertiary/aromatic N) is 1. The first kappa shape index (κ1) is 14.2. The summed E-state index contributed by atoms with van der Waals surface area (Å²) in [5.74, 6) is 0.937. The number of nitrogen functional groups attached to an aromatic ring is 1. The van der Waals surface area contributed by atoms with E-state index in [9.17, 15) is 4.79 Å². The first-order valence-electron chi connectivity index (χ1n) is 6.73. The Morgan fingerprint density at radius 3 is 2.55 bits per heavy atom. The Morgan fingerprint density at radius 2 is 1.85 bits per heavy atom.